The van der Waals surface area contributed by atoms with E-state index < -0.39 is 0 Å². The molecule has 7 heteroatoms. The number of thioether (sulfide) groups is 1. The summed E-state index contributed by atoms with van der Waals surface area (Å²) in [4.78, 5) is 17.1. The number of anilines is 1. The number of benzene rings is 1. The second-order valence-electron chi connectivity index (χ2n) is 8.04. The van der Waals surface area contributed by atoms with Gasteiger partial charge in [-0.15, -0.1) is 5.10 Å². The van der Waals surface area contributed by atoms with Crippen molar-refractivity contribution in [3.63, 3.8) is 0 Å². The first-order valence-electron chi connectivity index (χ1n) is 9.17. The molecule has 0 unspecified atom stereocenters. The molecule has 1 fully saturated rings. The number of carbonyl (C=O) groups excluding carboxylic acids is 1. The van der Waals surface area contributed by atoms with Gasteiger partial charge in [0.1, 0.15) is 5.75 Å². The zero-order chi connectivity index (χ0) is 19.2. The quantitative estimate of drug-likeness (QED) is 0.791. The molecule has 1 heterocycles. The van der Waals surface area contributed by atoms with Gasteiger partial charge in [-0.3, -0.25) is 4.79 Å². The molecule has 1 N–H and O–H groups in total. The fraction of sp³-hybridized carbons (Fsp3) is 0.500. The van der Waals surface area contributed by atoms with Crippen molar-refractivity contribution in [1.82, 2.24) is 15.2 Å². The Kier molecular flexibility index (Phi) is 4.37. The van der Waals surface area contributed by atoms with E-state index in [-0.39, 0.29) is 22.5 Å². The number of fused-ring (bicyclic) bond motifs is 5. The highest BCUT2D eigenvalue weighted by atomic mass is 32.2. The second kappa shape index (κ2) is 6.48. The Morgan fingerprint density at radius 2 is 2.15 bits per heavy atom. The lowest BCUT2D eigenvalue weighted by molar-refractivity contribution is -0.113. The largest absolute Gasteiger partial charge is 0.497 e. The van der Waals surface area contributed by atoms with Crippen LogP contribution in [0.3, 0.4) is 0 Å². The second-order valence-corrected chi connectivity index (χ2v) is 8.98. The molecule has 2 aliphatic rings. The van der Waals surface area contributed by atoms with E-state index in [9.17, 15) is 4.79 Å². The molecule has 27 heavy (non-hydrogen) atoms. The van der Waals surface area contributed by atoms with Gasteiger partial charge >= 0.3 is 0 Å². The summed E-state index contributed by atoms with van der Waals surface area (Å²) in [7, 11) is 1.60. The van der Waals surface area contributed by atoms with Gasteiger partial charge in [-0.05, 0) is 30.4 Å². The van der Waals surface area contributed by atoms with Crippen molar-refractivity contribution in [3.8, 4) is 5.75 Å². The van der Waals surface area contributed by atoms with Crippen LogP contribution in [-0.4, -0.2) is 34.0 Å². The van der Waals surface area contributed by atoms with Gasteiger partial charge in [0, 0.05) is 23.1 Å². The van der Waals surface area contributed by atoms with Gasteiger partial charge in [0.15, 0.2) is 0 Å². The lowest BCUT2D eigenvalue weighted by Crippen LogP contribution is -2.32. The molecular weight excluding hydrogens is 360 g/mol. The number of nitrogens with zero attached hydrogens (tertiary/aromatic N) is 3. The molecule has 142 valence electrons. The van der Waals surface area contributed by atoms with Crippen molar-refractivity contribution >= 4 is 23.4 Å². The SMILES string of the molecule is COc1cccc(NC(=O)CSc2nnc3c(n2)[C@]2(C)CC[C@H]3C2(C)C)c1. The summed E-state index contributed by atoms with van der Waals surface area (Å²) < 4.78 is 5.17. The number of ether oxygens (including phenoxy) is 1. The Labute approximate surface area is 163 Å². The van der Waals surface area contributed by atoms with E-state index in [2.05, 4.69) is 36.3 Å². The number of amides is 1. The monoisotopic (exact) mass is 384 g/mol. The highest BCUT2D eigenvalue weighted by molar-refractivity contribution is 7.99. The predicted molar refractivity (Wildman–Crippen MR) is 105 cm³/mol. The van der Waals surface area contributed by atoms with Gasteiger partial charge in [-0.25, -0.2) is 4.98 Å². The topological polar surface area (TPSA) is 77.0 Å². The van der Waals surface area contributed by atoms with Crippen LogP contribution >= 0.6 is 11.8 Å². The van der Waals surface area contributed by atoms with Crippen LogP contribution in [-0.2, 0) is 10.2 Å². The summed E-state index contributed by atoms with van der Waals surface area (Å²) >= 11 is 1.32. The Hall–Kier alpha value is -2.15. The number of nitrogens with one attached hydrogen (secondary N) is 1. The van der Waals surface area contributed by atoms with E-state index in [1.807, 2.05) is 18.2 Å². The van der Waals surface area contributed by atoms with Gasteiger partial charge in [-0.2, -0.15) is 5.10 Å². The minimum absolute atomic E-state index is 0.0428. The summed E-state index contributed by atoms with van der Waals surface area (Å²) in [6, 6.07) is 7.30. The standard InChI is InChI=1S/C20H24N4O2S/c1-19(2)14-8-9-20(19,3)17-16(14)23-24-18(22-17)27-11-15(25)21-12-6-5-7-13(10-12)26-4/h5-7,10,14H,8-9,11H2,1-4H3,(H,21,25)/t14-,20+/m1/s1. The van der Waals surface area contributed by atoms with Crippen molar-refractivity contribution in [3.05, 3.63) is 35.7 Å². The van der Waals surface area contributed by atoms with Crippen molar-refractivity contribution in [2.45, 2.75) is 50.1 Å². The Balaban J connectivity index is 1.44. The number of aromatic nitrogens is 3. The third kappa shape index (κ3) is 2.88. The third-order valence-corrected chi connectivity index (χ3v) is 7.30. The normalized spacial score (nSPS) is 24.5. The average Bonchev–Trinajstić information content (AvgIpc) is 2.99. The molecule has 2 atom stereocenters. The summed E-state index contributed by atoms with van der Waals surface area (Å²) in [5.74, 6) is 1.28. The third-order valence-electron chi connectivity index (χ3n) is 6.46. The number of hydrogen-bond acceptors (Lipinski definition) is 6. The van der Waals surface area contributed by atoms with Crippen LogP contribution in [0.15, 0.2) is 29.4 Å². The Morgan fingerprint density at radius 3 is 2.93 bits per heavy atom. The molecule has 1 saturated carbocycles. The minimum Gasteiger partial charge on any atom is -0.497 e. The van der Waals surface area contributed by atoms with E-state index in [0.717, 1.165) is 24.2 Å². The summed E-state index contributed by atoms with van der Waals surface area (Å²) in [5, 5.41) is 12.2. The maximum Gasteiger partial charge on any atom is 0.234 e. The van der Waals surface area contributed by atoms with Crippen LogP contribution in [0.25, 0.3) is 0 Å². The fourth-order valence-electron chi connectivity index (χ4n) is 4.45. The van der Waals surface area contributed by atoms with Crippen molar-refractivity contribution in [1.29, 1.82) is 0 Å². The Morgan fingerprint density at radius 1 is 1.33 bits per heavy atom. The van der Waals surface area contributed by atoms with Gasteiger partial charge in [0.2, 0.25) is 11.1 Å². The van der Waals surface area contributed by atoms with E-state index in [1.54, 1.807) is 13.2 Å². The van der Waals surface area contributed by atoms with Crippen LogP contribution in [0, 0.1) is 5.41 Å². The maximum absolute atomic E-state index is 12.3. The molecule has 1 aromatic heterocycles. The minimum atomic E-state index is -0.106. The van der Waals surface area contributed by atoms with Crippen LogP contribution in [0.4, 0.5) is 5.69 Å². The molecule has 6 nitrogen and oxygen atoms in total. The van der Waals surface area contributed by atoms with Gasteiger partial charge in [-0.1, -0.05) is 38.6 Å². The van der Waals surface area contributed by atoms with E-state index >= 15 is 0 Å². The molecule has 1 amide bonds. The Bertz CT molecular complexity index is 901. The zero-order valence-electron chi connectivity index (χ0n) is 16.1. The number of hydrogen-bond donors (Lipinski definition) is 1. The summed E-state index contributed by atoms with van der Waals surface area (Å²) in [6.07, 6.45) is 2.29. The van der Waals surface area contributed by atoms with E-state index in [1.165, 1.54) is 11.8 Å². The molecule has 1 aromatic carbocycles. The molecule has 2 aliphatic carbocycles. The van der Waals surface area contributed by atoms with E-state index in [0.29, 0.717) is 22.5 Å². The molecule has 0 saturated heterocycles. The zero-order valence-corrected chi connectivity index (χ0v) is 16.9. The van der Waals surface area contributed by atoms with Crippen LogP contribution in [0.5, 0.6) is 5.75 Å². The summed E-state index contributed by atoms with van der Waals surface area (Å²) in [6.45, 7) is 6.91. The first kappa shape index (κ1) is 18.2. The highest BCUT2D eigenvalue weighted by Crippen LogP contribution is 2.66. The lowest BCUT2D eigenvalue weighted by atomic mass is 9.70. The summed E-state index contributed by atoms with van der Waals surface area (Å²) in [5.41, 5.74) is 3.04. The van der Waals surface area contributed by atoms with Gasteiger partial charge in [0.25, 0.3) is 0 Å². The number of rotatable bonds is 5. The first-order chi connectivity index (χ1) is 12.8. The number of carbonyl (C=O) groups is 1. The van der Waals surface area contributed by atoms with Crippen molar-refractivity contribution < 1.29 is 9.53 Å². The fourth-order valence-corrected chi connectivity index (χ4v) is 5.04. The average molecular weight is 385 g/mol. The molecule has 4 rings (SSSR count). The number of methoxy groups -OCH3 is 1. The lowest BCUT2D eigenvalue weighted by Gasteiger charge is -2.33. The van der Waals surface area contributed by atoms with Crippen molar-refractivity contribution in [2.24, 2.45) is 5.41 Å². The molecule has 0 radical (unpaired) electrons. The molecule has 2 bridgehead atoms. The van der Waals surface area contributed by atoms with Crippen LogP contribution in [0.1, 0.15) is 50.9 Å². The molecule has 0 spiro atoms. The van der Waals surface area contributed by atoms with Gasteiger partial charge in [0.05, 0.1) is 24.3 Å². The smallest absolute Gasteiger partial charge is 0.234 e. The van der Waals surface area contributed by atoms with Crippen molar-refractivity contribution in [2.75, 3.05) is 18.2 Å². The highest BCUT2D eigenvalue weighted by Gasteiger charge is 2.61. The van der Waals surface area contributed by atoms with Crippen LogP contribution in [0.2, 0.25) is 0 Å². The maximum atomic E-state index is 12.3. The predicted octanol–water partition coefficient (Wildman–Crippen LogP) is 3.79. The van der Waals surface area contributed by atoms with E-state index in [4.69, 9.17) is 9.72 Å². The molecular formula is C20H24N4O2S. The molecule has 0 aliphatic heterocycles. The van der Waals surface area contributed by atoms with Gasteiger partial charge < -0.3 is 10.1 Å². The van der Waals surface area contributed by atoms with Crippen LogP contribution < -0.4 is 10.1 Å². The molecule has 2 aromatic rings. The first-order valence-corrected chi connectivity index (χ1v) is 10.2.